The smallest absolute Gasteiger partial charge is 0.265 e. The summed E-state index contributed by atoms with van der Waals surface area (Å²) in [6, 6.07) is 2.48. The number of benzene rings is 1. The third-order valence-corrected chi connectivity index (χ3v) is 4.61. The molecule has 118 valence electrons. The molecule has 0 spiro atoms. The van der Waals surface area contributed by atoms with E-state index in [0.717, 1.165) is 6.07 Å². The fourth-order valence-electron chi connectivity index (χ4n) is 1.59. The first kappa shape index (κ1) is 18.1. The van der Waals surface area contributed by atoms with Crippen LogP contribution in [0.25, 0.3) is 0 Å². The van der Waals surface area contributed by atoms with Gasteiger partial charge in [-0.2, -0.15) is 0 Å². The largest absolute Gasteiger partial charge is 0.494 e. The first-order valence-electron chi connectivity index (χ1n) is 6.16. The summed E-state index contributed by atoms with van der Waals surface area (Å²) in [4.78, 5) is 12.0. The molecule has 0 aromatic heterocycles. The topological polar surface area (TPSA) is 72.5 Å². The SMILES string of the molecule is CCC(C)(C)NC(=O)c1cc(Cl)cc(S(=O)(=O)Cl)c1OC. The van der Waals surface area contributed by atoms with Gasteiger partial charge in [-0.25, -0.2) is 8.42 Å². The Morgan fingerprint density at radius 3 is 2.38 bits per heavy atom. The lowest BCUT2D eigenvalue weighted by Crippen LogP contribution is -2.42. The number of hydrogen-bond acceptors (Lipinski definition) is 4. The predicted molar refractivity (Wildman–Crippen MR) is 82.9 cm³/mol. The van der Waals surface area contributed by atoms with E-state index in [1.165, 1.54) is 13.2 Å². The first-order valence-corrected chi connectivity index (χ1v) is 8.85. The van der Waals surface area contributed by atoms with Gasteiger partial charge in [-0.1, -0.05) is 18.5 Å². The molecule has 0 aliphatic rings. The second-order valence-corrected chi connectivity index (χ2v) is 8.08. The number of amides is 1. The molecule has 1 rings (SSSR count). The van der Waals surface area contributed by atoms with E-state index in [9.17, 15) is 13.2 Å². The lowest BCUT2D eigenvalue weighted by Gasteiger charge is -2.25. The van der Waals surface area contributed by atoms with Gasteiger partial charge in [0.25, 0.3) is 15.0 Å². The summed E-state index contributed by atoms with van der Waals surface area (Å²) in [6.07, 6.45) is 0.697. The van der Waals surface area contributed by atoms with Crippen LogP contribution in [0.5, 0.6) is 5.75 Å². The van der Waals surface area contributed by atoms with E-state index in [-0.39, 0.29) is 21.2 Å². The maximum Gasteiger partial charge on any atom is 0.265 e. The molecule has 5 nitrogen and oxygen atoms in total. The Morgan fingerprint density at radius 2 is 1.95 bits per heavy atom. The molecule has 0 heterocycles. The molecule has 0 saturated carbocycles. The molecule has 0 aliphatic heterocycles. The summed E-state index contributed by atoms with van der Waals surface area (Å²) in [5.41, 5.74) is -0.435. The van der Waals surface area contributed by atoms with E-state index >= 15 is 0 Å². The second kappa shape index (κ2) is 6.42. The number of rotatable bonds is 5. The van der Waals surface area contributed by atoms with E-state index < -0.39 is 20.5 Å². The first-order chi connectivity index (χ1) is 9.51. The molecule has 1 aromatic carbocycles. The highest BCUT2D eigenvalue weighted by molar-refractivity contribution is 8.13. The number of methoxy groups -OCH3 is 1. The van der Waals surface area contributed by atoms with E-state index in [1.807, 2.05) is 20.8 Å². The Bertz CT molecular complexity index is 656. The molecule has 0 radical (unpaired) electrons. The number of carbonyl (C=O) groups is 1. The maximum atomic E-state index is 12.3. The van der Waals surface area contributed by atoms with E-state index in [0.29, 0.717) is 6.42 Å². The molecule has 8 heteroatoms. The average Bonchev–Trinajstić information content (AvgIpc) is 2.36. The zero-order valence-corrected chi connectivity index (χ0v) is 14.5. The number of ether oxygens (including phenoxy) is 1. The van der Waals surface area contributed by atoms with Crippen molar-refractivity contribution in [3.63, 3.8) is 0 Å². The van der Waals surface area contributed by atoms with Gasteiger partial charge in [0.05, 0.1) is 12.7 Å². The van der Waals surface area contributed by atoms with E-state index in [4.69, 9.17) is 27.0 Å². The van der Waals surface area contributed by atoms with Crippen molar-refractivity contribution in [1.29, 1.82) is 0 Å². The number of nitrogens with one attached hydrogen (secondary N) is 1. The highest BCUT2D eigenvalue weighted by atomic mass is 35.7. The monoisotopic (exact) mass is 353 g/mol. The van der Waals surface area contributed by atoms with Gasteiger partial charge < -0.3 is 10.1 Å². The summed E-state index contributed by atoms with van der Waals surface area (Å²) in [5.74, 6) is -0.610. The van der Waals surface area contributed by atoms with Crippen LogP contribution in [0.4, 0.5) is 0 Å². The fourth-order valence-corrected chi connectivity index (χ4v) is 2.90. The zero-order valence-electron chi connectivity index (χ0n) is 12.2. The predicted octanol–water partition coefficient (Wildman–Crippen LogP) is 3.19. The number of halogens is 2. The van der Waals surface area contributed by atoms with Crippen molar-refractivity contribution in [2.75, 3.05) is 7.11 Å². The van der Waals surface area contributed by atoms with E-state index in [1.54, 1.807) is 0 Å². The van der Waals surface area contributed by atoms with Crippen LogP contribution >= 0.6 is 22.3 Å². The van der Waals surface area contributed by atoms with Gasteiger partial charge in [-0.15, -0.1) is 0 Å². The van der Waals surface area contributed by atoms with Crippen molar-refractivity contribution < 1.29 is 17.9 Å². The van der Waals surface area contributed by atoms with Crippen molar-refractivity contribution in [3.05, 3.63) is 22.7 Å². The molecule has 1 aromatic rings. The third-order valence-electron chi connectivity index (χ3n) is 3.07. The van der Waals surface area contributed by atoms with Crippen molar-refractivity contribution in [2.45, 2.75) is 37.6 Å². The Balaban J connectivity index is 3.43. The van der Waals surface area contributed by atoms with Crippen LogP contribution in [0.1, 0.15) is 37.6 Å². The number of hydrogen-bond donors (Lipinski definition) is 1. The van der Waals surface area contributed by atoms with E-state index in [2.05, 4.69) is 5.32 Å². The maximum absolute atomic E-state index is 12.3. The van der Waals surface area contributed by atoms with Crippen molar-refractivity contribution in [1.82, 2.24) is 5.32 Å². The van der Waals surface area contributed by atoms with Gasteiger partial charge in [-0.05, 0) is 32.4 Å². The minimum absolute atomic E-state index is 0.0192. The molecular formula is C13H17Cl2NO4S. The fraction of sp³-hybridized carbons (Fsp3) is 0.462. The van der Waals surface area contributed by atoms with Crippen LogP contribution in [0.3, 0.4) is 0 Å². The summed E-state index contributed by atoms with van der Waals surface area (Å²) in [6.45, 7) is 5.62. The highest BCUT2D eigenvalue weighted by Crippen LogP contribution is 2.34. The Morgan fingerprint density at radius 1 is 1.38 bits per heavy atom. The molecule has 1 amide bonds. The Hall–Kier alpha value is -0.980. The van der Waals surface area contributed by atoms with Crippen LogP contribution < -0.4 is 10.1 Å². The minimum Gasteiger partial charge on any atom is -0.494 e. The summed E-state index contributed by atoms with van der Waals surface area (Å²) < 4.78 is 28.2. The normalized spacial score (nSPS) is 12.1. The quantitative estimate of drug-likeness (QED) is 0.825. The lowest BCUT2D eigenvalue weighted by atomic mass is 10.0. The standard InChI is InChI=1S/C13H17Cl2NO4S/c1-5-13(2,3)16-12(17)9-6-8(14)7-10(11(9)20-4)21(15,18)19/h6-7H,5H2,1-4H3,(H,16,17). The lowest BCUT2D eigenvalue weighted by molar-refractivity contribution is 0.0907. The number of carbonyl (C=O) groups excluding carboxylic acids is 1. The molecule has 1 N–H and O–H groups in total. The van der Waals surface area contributed by atoms with Crippen molar-refractivity contribution >= 4 is 37.2 Å². The zero-order chi connectivity index (χ0) is 16.4. The van der Waals surface area contributed by atoms with Gasteiger partial charge in [-0.3, -0.25) is 4.79 Å². The third kappa shape index (κ3) is 4.49. The molecular weight excluding hydrogens is 337 g/mol. The minimum atomic E-state index is -4.09. The van der Waals surface area contributed by atoms with Crippen LogP contribution in [-0.2, 0) is 9.05 Å². The van der Waals surface area contributed by atoms with Gasteiger partial charge in [0, 0.05) is 21.2 Å². The van der Waals surface area contributed by atoms with Gasteiger partial charge in [0.15, 0.2) is 5.75 Å². The molecule has 0 bridgehead atoms. The Kier molecular flexibility index (Phi) is 5.52. The molecule has 0 unspecified atom stereocenters. The van der Waals surface area contributed by atoms with Crippen LogP contribution in [-0.4, -0.2) is 27.0 Å². The summed E-state index contributed by atoms with van der Waals surface area (Å²) in [7, 11) is 2.52. The molecule has 21 heavy (non-hydrogen) atoms. The average molecular weight is 354 g/mol. The second-order valence-electron chi connectivity index (χ2n) is 5.11. The van der Waals surface area contributed by atoms with Gasteiger partial charge >= 0.3 is 0 Å². The van der Waals surface area contributed by atoms with Gasteiger partial charge in [0.2, 0.25) is 0 Å². The van der Waals surface area contributed by atoms with Crippen LogP contribution in [0.15, 0.2) is 17.0 Å². The summed E-state index contributed by atoms with van der Waals surface area (Å²) >= 11 is 5.88. The van der Waals surface area contributed by atoms with Crippen molar-refractivity contribution in [3.8, 4) is 5.75 Å². The molecule has 0 aliphatic carbocycles. The molecule has 0 saturated heterocycles. The summed E-state index contributed by atoms with van der Waals surface area (Å²) in [5, 5.41) is 2.87. The van der Waals surface area contributed by atoms with Crippen LogP contribution in [0, 0.1) is 0 Å². The molecule has 0 fully saturated rings. The molecule has 0 atom stereocenters. The van der Waals surface area contributed by atoms with Crippen LogP contribution in [0.2, 0.25) is 5.02 Å². The Labute approximate surface area is 134 Å². The van der Waals surface area contributed by atoms with Crippen molar-refractivity contribution in [2.24, 2.45) is 0 Å². The van der Waals surface area contributed by atoms with Gasteiger partial charge in [0.1, 0.15) is 4.90 Å². The highest BCUT2D eigenvalue weighted by Gasteiger charge is 2.27.